The van der Waals surface area contributed by atoms with Gasteiger partial charge in [-0.05, 0) is 33.6 Å². The molecule has 0 rings (SSSR count). The smallest absolute Gasteiger partial charge is 0.0849 e. The van der Waals surface area contributed by atoms with Crippen LogP contribution in [-0.4, -0.2) is 28.0 Å². The molecule has 68 valence electrons. The van der Waals surface area contributed by atoms with Crippen molar-refractivity contribution in [1.29, 1.82) is 0 Å². The third-order valence-electron chi connectivity index (χ3n) is 1.71. The predicted octanol–water partition coefficient (Wildman–Crippen LogP) is 0.246. The highest BCUT2D eigenvalue weighted by atomic mass is 16.3. The lowest BCUT2D eigenvalue weighted by Gasteiger charge is -2.24. The Morgan fingerprint density at radius 1 is 1.36 bits per heavy atom. The SMILES string of the molecule is CC(N)CCC(O)C(C)(C)O. The van der Waals surface area contributed by atoms with Gasteiger partial charge in [0.15, 0.2) is 0 Å². The Morgan fingerprint density at radius 3 is 2.09 bits per heavy atom. The summed E-state index contributed by atoms with van der Waals surface area (Å²) in [5.41, 5.74) is 4.49. The van der Waals surface area contributed by atoms with Gasteiger partial charge in [-0.3, -0.25) is 0 Å². The van der Waals surface area contributed by atoms with Crippen LogP contribution in [0.3, 0.4) is 0 Å². The minimum Gasteiger partial charge on any atom is -0.390 e. The van der Waals surface area contributed by atoms with Gasteiger partial charge in [0.2, 0.25) is 0 Å². The first-order valence-electron chi connectivity index (χ1n) is 4.00. The Labute approximate surface area is 68.2 Å². The summed E-state index contributed by atoms with van der Waals surface area (Å²) in [6.45, 7) is 5.08. The second kappa shape index (κ2) is 4.04. The van der Waals surface area contributed by atoms with E-state index in [1.165, 1.54) is 0 Å². The van der Waals surface area contributed by atoms with Crippen molar-refractivity contribution in [3.63, 3.8) is 0 Å². The van der Waals surface area contributed by atoms with Gasteiger partial charge in [-0.1, -0.05) is 0 Å². The van der Waals surface area contributed by atoms with Gasteiger partial charge in [0.1, 0.15) is 0 Å². The fourth-order valence-electron chi connectivity index (χ4n) is 0.774. The van der Waals surface area contributed by atoms with Crippen LogP contribution in [-0.2, 0) is 0 Å². The molecule has 0 aliphatic rings. The van der Waals surface area contributed by atoms with Gasteiger partial charge < -0.3 is 15.9 Å². The summed E-state index contributed by atoms with van der Waals surface area (Å²) >= 11 is 0. The Balaban J connectivity index is 3.61. The van der Waals surface area contributed by atoms with Crippen LogP contribution < -0.4 is 5.73 Å². The molecular formula is C8H19NO2. The molecular weight excluding hydrogens is 142 g/mol. The lowest BCUT2D eigenvalue weighted by atomic mass is 9.96. The molecule has 0 bridgehead atoms. The minimum atomic E-state index is -1.01. The van der Waals surface area contributed by atoms with Gasteiger partial charge in [-0.25, -0.2) is 0 Å². The van der Waals surface area contributed by atoms with Crippen LogP contribution in [0.5, 0.6) is 0 Å². The fraction of sp³-hybridized carbons (Fsp3) is 1.00. The summed E-state index contributed by atoms with van der Waals surface area (Å²) in [7, 11) is 0. The van der Waals surface area contributed by atoms with Crippen molar-refractivity contribution in [3.8, 4) is 0 Å². The van der Waals surface area contributed by atoms with Gasteiger partial charge in [0.25, 0.3) is 0 Å². The summed E-state index contributed by atoms with van der Waals surface area (Å²) in [6, 6.07) is 0.0898. The average molecular weight is 161 g/mol. The quantitative estimate of drug-likeness (QED) is 0.553. The lowest BCUT2D eigenvalue weighted by molar-refractivity contribution is -0.0524. The minimum absolute atomic E-state index is 0.0898. The van der Waals surface area contributed by atoms with Crippen LogP contribution in [0.1, 0.15) is 33.6 Å². The molecule has 3 nitrogen and oxygen atoms in total. The van der Waals surface area contributed by atoms with E-state index in [0.29, 0.717) is 6.42 Å². The number of hydrogen-bond donors (Lipinski definition) is 3. The monoisotopic (exact) mass is 161 g/mol. The maximum Gasteiger partial charge on any atom is 0.0849 e. The van der Waals surface area contributed by atoms with Gasteiger partial charge in [0, 0.05) is 6.04 Å². The molecule has 0 fully saturated rings. The summed E-state index contributed by atoms with van der Waals surface area (Å²) < 4.78 is 0. The van der Waals surface area contributed by atoms with E-state index >= 15 is 0 Å². The van der Waals surface area contributed by atoms with E-state index in [4.69, 9.17) is 5.73 Å². The van der Waals surface area contributed by atoms with E-state index in [1.807, 2.05) is 6.92 Å². The van der Waals surface area contributed by atoms with Gasteiger partial charge in [-0.2, -0.15) is 0 Å². The van der Waals surface area contributed by atoms with E-state index in [0.717, 1.165) is 6.42 Å². The van der Waals surface area contributed by atoms with Crippen LogP contribution >= 0.6 is 0 Å². The number of nitrogens with two attached hydrogens (primary N) is 1. The number of rotatable bonds is 4. The summed E-state index contributed by atoms with van der Waals surface area (Å²) in [4.78, 5) is 0. The molecule has 0 aromatic rings. The molecule has 0 aromatic carbocycles. The van der Waals surface area contributed by atoms with E-state index < -0.39 is 11.7 Å². The highest BCUT2D eigenvalue weighted by Gasteiger charge is 2.23. The molecule has 0 aliphatic heterocycles. The molecule has 0 aromatic heterocycles. The second-order valence-electron chi connectivity index (χ2n) is 3.72. The molecule has 4 N–H and O–H groups in total. The van der Waals surface area contributed by atoms with E-state index in [9.17, 15) is 10.2 Å². The molecule has 0 saturated carbocycles. The summed E-state index contributed by atoms with van der Waals surface area (Å²) in [6.07, 6.45) is 0.625. The maximum atomic E-state index is 9.33. The number of aliphatic hydroxyl groups excluding tert-OH is 1. The molecule has 0 amide bonds. The van der Waals surface area contributed by atoms with Crippen LogP contribution in [0.2, 0.25) is 0 Å². The molecule has 0 heterocycles. The van der Waals surface area contributed by atoms with Crippen LogP contribution in [0.15, 0.2) is 0 Å². The zero-order chi connectivity index (χ0) is 9.07. The predicted molar refractivity (Wildman–Crippen MR) is 45.2 cm³/mol. The van der Waals surface area contributed by atoms with E-state index in [2.05, 4.69) is 0 Å². The first kappa shape index (κ1) is 10.9. The Hall–Kier alpha value is -0.120. The van der Waals surface area contributed by atoms with E-state index in [1.54, 1.807) is 13.8 Å². The number of hydrogen-bond acceptors (Lipinski definition) is 3. The molecule has 11 heavy (non-hydrogen) atoms. The lowest BCUT2D eigenvalue weighted by Crippen LogP contribution is -2.36. The summed E-state index contributed by atoms with van der Waals surface area (Å²) in [5.74, 6) is 0. The van der Waals surface area contributed by atoms with Crippen LogP contribution in [0.4, 0.5) is 0 Å². The number of aliphatic hydroxyl groups is 2. The Kier molecular flexibility index (Phi) is 4.00. The van der Waals surface area contributed by atoms with Crippen molar-refractivity contribution < 1.29 is 10.2 Å². The Morgan fingerprint density at radius 2 is 1.82 bits per heavy atom. The molecule has 2 unspecified atom stereocenters. The topological polar surface area (TPSA) is 66.5 Å². The molecule has 0 spiro atoms. The van der Waals surface area contributed by atoms with Gasteiger partial charge >= 0.3 is 0 Å². The zero-order valence-electron chi connectivity index (χ0n) is 7.54. The third kappa shape index (κ3) is 5.18. The van der Waals surface area contributed by atoms with Crippen molar-refractivity contribution in [2.24, 2.45) is 5.73 Å². The first-order chi connectivity index (χ1) is 4.84. The third-order valence-corrected chi connectivity index (χ3v) is 1.71. The van der Waals surface area contributed by atoms with Crippen molar-refractivity contribution in [2.45, 2.75) is 51.4 Å². The van der Waals surface area contributed by atoms with Crippen molar-refractivity contribution in [3.05, 3.63) is 0 Å². The van der Waals surface area contributed by atoms with E-state index in [-0.39, 0.29) is 6.04 Å². The van der Waals surface area contributed by atoms with Crippen molar-refractivity contribution in [2.75, 3.05) is 0 Å². The molecule has 0 saturated heterocycles. The van der Waals surface area contributed by atoms with Crippen molar-refractivity contribution >= 4 is 0 Å². The van der Waals surface area contributed by atoms with Gasteiger partial charge in [-0.15, -0.1) is 0 Å². The Bertz CT molecular complexity index is 107. The second-order valence-corrected chi connectivity index (χ2v) is 3.72. The fourth-order valence-corrected chi connectivity index (χ4v) is 0.774. The van der Waals surface area contributed by atoms with Gasteiger partial charge in [0.05, 0.1) is 11.7 Å². The zero-order valence-corrected chi connectivity index (χ0v) is 7.54. The largest absolute Gasteiger partial charge is 0.390 e. The average Bonchev–Trinajstić information content (AvgIpc) is 1.80. The normalized spacial score (nSPS) is 18.0. The highest BCUT2D eigenvalue weighted by molar-refractivity contribution is 4.76. The molecule has 2 atom stereocenters. The van der Waals surface area contributed by atoms with Crippen LogP contribution in [0, 0.1) is 0 Å². The highest BCUT2D eigenvalue weighted by Crippen LogP contribution is 2.13. The van der Waals surface area contributed by atoms with Crippen LogP contribution in [0.25, 0.3) is 0 Å². The molecule has 3 heteroatoms. The molecule has 0 radical (unpaired) electrons. The standard InChI is InChI=1S/C8H19NO2/c1-6(9)4-5-7(10)8(2,3)11/h6-7,10-11H,4-5,9H2,1-3H3. The molecule has 0 aliphatic carbocycles. The van der Waals surface area contributed by atoms with Crippen molar-refractivity contribution in [1.82, 2.24) is 0 Å². The first-order valence-corrected chi connectivity index (χ1v) is 4.00. The summed E-state index contributed by atoms with van der Waals surface area (Å²) in [5, 5.41) is 18.6. The maximum absolute atomic E-state index is 9.33.